The third-order valence-electron chi connectivity index (χ3n) is 3.58. The van der Waals surface area contributed by atoms with Gasteiger partial charge in [0.15, 0.2) is 6.54 Å². The Morgan fingerprint density at radius 3 is 2.52 bits per heavy atom. The zero-order valence-corrected chi connectivity index (χ0v) is 13.6. The summed E-state index contributed by atoms with van der Waals surface area (Å²) >= 11 is 5.55. The Morgan fingerprint density at radius 2 is 1.96 bits per heavy atom. The fraction of sp³-hybridized carbons (Fsp3) is 0.533. The van der Waals surface area contributed by atoms with E-state index in [4.69, 9.17) is 16.3 Å². The normalized spacial score (nSPS) is 25.2. The first-order valence-corrected chi connectivity index (χ1v) is 7.68. The van der Waals surface area contributed by atoms with E-state index in [0.29, 0.717) is 13.1 Å². The van der Waals surface area contributed by atoms with Crippen LogP contribution in [0.3, 0.4) is 0 Å². The number of anilines is 1. The van der Waals surface area contributed by atoms with E-state index in [0.717, 1.165) is 17.0 Å². The van der Waals surface area contributed by atoms with Gasteiger partial charge in [0, 0.05) is 5.69 Å². The molecular formula is C15H19ClF3N2O2+. The molecule has 128 valence electrons. The molecule has 0 aromatic heterocycles. The molecule has 1 amide bonds. The van der Waals surface area contributed by atoms with Gasteiger partial charge in [0.05, 0.1) is 10.6 Å². The van der Waals surface area contributed by atoms with E-state index in [1.165, 1.54) is 6.07 Å². The molecule has 0 aliphatic carbocycles. The number of amides is 1. The molecule has 0 bridgehead atoms. The minimum Gasteiger partial charge on any atom is -0.364 e. The molecule has 1 fully saturated rings. The van der Waals surface area contributed by atoms with Gasteiger partial charge < -0.3 is 15.0 Å². The lowest BCUT2D eigenvalue weighted by molar-refractivity contribution is -0.907. The van der Waals surface area contributed by atoms with Crippen LogP contribution in [0.5, 0.6) is 0 Å². The minimum atomic E-state index is -4.56. The number of halogens is 4. The van der Waals surface area contributed by atoms with Gasteiger partial charge in [-0.1, -0.05) is 11.6 Å². The topological polar surface area (TPSA) is 42.8 Å². The van der Waals surface area contributed by atoms with E-state index in [-0.39, 0.29) is 30.3 Å². The van der Waals surface area contributed by atoms with Crippen molar-refractivity contribution < 1.29 is 27.6 Å². The molecule has 0 spiro atoms. The van der Waals surface area contributed by atoms with E-state index in [1.54, 1.807) is 0 Å². The first kappa shape index (κ1) is 18.0. The lowest BCUT2D eigenvalue weighted by Crippen LogP contribution is -3.16. The van der Waals surface area contributed by atoms with Crippen LogP contribution in [0.4, 0.5) is 18.9 Å². The van der Waals surface area contributed by atoms with Crippen LogP contribution in [0, 0.1) is 0 Å². The lowest BCUT2D eigenvalue weighted by Gasteiger charge is -2.31. The molecule has 23 heavy (non-hydrogen) atoms. The SMILES string of the molecule is C[C@H]1C[NH+](CC(=O)Nc2ccc(Cl)c(C(F)(F)F)c2)C[C@H](C)O1. The van der Waals surface area contributed by atoms with Crippen LogP contribution in [0.25, 0.3) is 0 Å². The Kier molecular flexibility index (Phi) is 5.54. The van der Waals surface area contributed by atoms with Crippen molar-refractivity contribution >= 4 is 23.2 Å². The molecule has 0 unspecified atom stereocenters. The number of ether oxygens (including phenoxy) is 1. The summed E-state index contributed by atoms with van der Waals surface area (Å²) in [6.07, 6.45) is -4.46. The third-order valence-corrected chi connectivity index (χ3v) is 3.91. The second kappa shape index (κ2) is 7.07. The Hall–Kier alpha value is -1.31. The molecule has 2 atom stereocenters. The number of rotatable bonds is 3. The summed E-state index contributed by atoms with van der Waals surface area (Å²) in [5.74, 6) is -0.336. The molecule has 1 saturated heterocycles. The maximum atomic E-state index is 12.8. The van der Waals surface area contributed by atoms with E-state index in [1.807, 2.05) is 13.8 Å². The van der Waals surface area contributed by atoms with Gasteiger partial charge in [-0.3, -0.25) is 4.79 Å². The molecule has 2 N–H and O–H groups in total. The van der Waals surface area contributed by atoms with Crippen molar-refractivity contribution in [1.82, 2.24) is 0 Å². The molecule has 1 aromatic carbocycles. The molecule has 1 aliphatic rings. The second-order valence-electron chi connectivity index (χ2n) is 5.83. The Bertz CT molecular complexity index is 570. The molecular weight excluding hydrogens is 333 g/mol. The number of benzene rings is 1. The summed E-state index contributed by atoms with van der Waals surface area (Å²) < 4.78 is 44.0. The first-order chi connectivity index (χ1) is 10.6. The van der Waals surface area contributed by atoms with E-state index in [2.05, 4.69) is 5.32 Å². The predicted molar refractivity (Wildman–Crippen MR) is 80.7 cm³/mol. The number of quaternary nitrogens is 1. The summed E-state index contributed by atoms with van der Waals surface area (Å²) in [7, 11) is 0. The number of nitrogens with one attached hydrogen (secondary N) is 2. The van der Waals surface area contributed by atoms with Crippen molar-refractivity contribution in [3.05, 3.63) is 28.8 Å². The van der Waals surface area contributed by atoms with Crippen molar-refractivity contribution in [3.8, 4) is 0 Å². The summed E-state index contributed by atoms with van der Waals surface area (Å²) in [6.45, 7) is 5.42. The molecule has 0 radical (unpaired) electrons. The highest BCUT2D eigenvalue weighted by atomic mass is 35.5. The molecule has 8 heteroatoms. The van der Waals surface area contributed by atoms with E-state index >= 15 is 0 Å². The third kappa shape index (κ3) is 5.09. The Balaban J connectivity index is 2.00. The van der Waals surface area contributed by atoms with Crippen LogP contribution in [-0.4, -0.2) is 37.7 Å². The van der Waals surface area contributed by atoms with Crippen molar-refractivity contribution in [3.63, 3.8) is 0 Å². The zero-order valence-electron chi connectivity index (χ0n) is 12.8. The lowest BCUT2D eigenvalue weighted by atomic mass is 10.2. The van der Waals surface area contributed by atoms with Gasteiger partial charge in [-0.05, 0) is 32.0 Å². The Labute approximate surface area is 137 Å². The molecule has 1 heterocycles. The zero-order chi connectivity index (χ0) is 17.2. The first-order valence-electron chi connectivity index (χ1n) is 7.30. The fourth-order valence-electron chi connectivity index (χ4n) is 2.79. The maximum absolute atomic E-state index is 12.8. The number of hydrogen-bond donors (Lipinski definition) is 2. The van der Waals surface area contributed by atoms with E-state index in [9.17, 15) is 18.0 Å². The highest BCUT2D eigenvalue weighted by molar-refractivity contribution is 6.31. The fourth-order valence-corrected chi connectivity index (χ4v) is 3.01. The Morgan fingerprint density at radius 1 is 1.35 bits per heavy atom. The summed E-state index contributed by atoms with van der Waals surface area (Å²) in [6, 6.07) is 3.33. The smallest absolute Gasteiger partial charge is 0.364 e. The quantitative estimate of drug-likeness (QED) is 0.874. The number of morpholine rings is 1. The van der Waals surface area contributed by atoms with Gasteiger partial charge >= 0.3 is 6.18 Å². The van der Waals surface area contributed by atoms with Crippen LogP contribution in [-0.2, 0) is 15.7 Å². The number of carbonyl (C=O) groups is 1. The van der Waals surface area contributed by atoms with Crippen LogP contribution < -0.4 is 10.2 Å². The number of hydrogen-bond acceptors (Lipinski definition) is 2. The molecule has 0 saturated carbocycles. The molecule has 1 aliphatic heterocycles. The largest absolute Gasteiger partial charge is 0.417 e. The number of alkyl halides is 3. The summed E-state index contributed by atoms with van der Waals surface area (Å²) in [4.78, 5) is 13.1. The van der Waals surface area contributed by atoms with Gasteiger partial charge in [0.1, 0.15) is 25.3 Å². The van der Waals surface area contributed by atoms with Crippen molar-refractivity contribution in [2.24, 2.45) is 0 Å². The van der Waals surface area contributed by atoms with Gasteiger partial charge in [-0.2, -0.15) is 13.2 Å². The highest BCUT2D eigenvalue weighted by Crippen LogP contribution is 2.36. The van der Waals surface area contributed by atoms with Gasteiger partial charge in [-0.25, -0.2) is 0 Å². The van der Waals surface area contributed by atoms with Gasteiger partial charge in [-0.15, -0.1) is 0 Å². The maximum Gasteiger partial charge on any atom is 0.417 e. The standard InChI is InChI=1S/C15H18ClF3N2O2/c1-9-6-21(7-10(2)23-9)8-14(22)20-11-3-4-13(16)12(5-11)15(17,18)19/h3-5,9-10H,6-8H2,1-2H3,(H,20,22)/p+1/t9-,10-/m0/s1. The van der Waals surface area contributed by atoms with Crippen LogP contribution in [0.2, 0.25) is 5.02 Å². The summed E-state index contributed by atoms with van der Waals surface area (Å²) in [5, 5.41) is 2.11. The average molecular weight is 352 g/mol. The summed E-state index contributed by atoms with van der Waals surface area (Å²) in [5.41, 5.74) is -0.876. The molecule has 1 aromatic rings. The van der Waals surface area contributed by atoms with Gasteiger partial charge in [0.25, 0.3) is 5.91 Å². The van der Waals surface area contributed by atoms with Crippen molar-refractivity contribution in [2.75, 3.05) is 25.0 Å². The second-order valence-corrected chi connectivity index (χ2v) is 6.24. The van der Waals surface area contributed by atoms with Crippen molar-refractivity contribution in [1.29, 1.82) is 0 Å². The van der Waals surface area contributed by atoms with Crippen LogP contribution in [0.1, 0.15) is 19.4 Å². The van der Waals surface area contributed by atoms with Crippen LogP contribution in [0.15, 0.2) is 18.2 Å². The minimum absolute atomic E-state index is 0.0499. The highest BCUT2D eigenvalue weighted by Gasteiger charge is 2.33. The van der Waals surface area contributed by atoms with Crippen LogP contribution >= 0.6 is 11.6 Å². The predicted octanol–water partition coefficient (Wildman–Crippen LogP) is 1.99. The molecule has 2 rings (SSSR count). The monoisotopic (exact) mass is 351 g/mol. The molecule has 4 nitrogen and oxygen atoms in total. The van der Waals surface area contributed by atoms with Crippen molar-refractivity contribution in [2.45, 2.75) is 32.2 Å². The van der Waals surface area contributed by atoms with Gasteiger partial charge in [0.2, 0.25) is 0 Å². The average Bonchev–Trinajstić information content (AvgIpc) is 2.38. The number of carbonyl (C=O) groups excluding carboxylic acids is 1. The van der Waals surface area contributed by atoms with E-state index < -0.39 is 16.8 Å².